The number of likely N-dealkylation sites (N-methyl/N-ethyl adjacent to an activating group) is 1. The highest BCUT2D eigenvalue weighted by Crippen LogP contribution is 2.26. The summed E-state index contributed by atoms with van der Waals surface area (Å²) in [6, 6.07) is 1.33. The molecule has 2 bridgehead atoms. The zero-order valence-corrected chi connectivity index (χ0v) is 11.6. The van der Waals surface area contributed by atoms with Crippen LogP contribution in [0.4, 0.5) is 0 Å². The lowest BCUT2D eigenvalue weighted by Gasteiger charge is -2.52. The Balaban J connectivity index is 1.68. The SMILES string of the molecule is CCNC(C1CCCOC1)C1CN2CCN1CC2. The number of nitrogens with one attached hydrogen (secondary N) is 1. The van der Waals surface area contributed by atoms with Crippen molar-refractivity contribution in [1.29, 1.82) is 0 Å². The van der Waals surface area contributed by atoms with Gasteiger partial charge in [0.25, 0.3) is 0 Å². The van der Waals surface area contributed by atoms with Crippen molar-refractivity contribution in [3.05, 3.63) is 0 Å². The first-order valence-corrected chi connectivity index (χ1v) is 7.66. The lowest BCUT2D eigenvalue weighted by Crippen LogP contribution is -2.68. The molecule has 4 heteroatoms. The fourth-order valence-corrected chi connectivity index (χ4v) is 3.90. The van der Waals surface area contributed by atoms with Crippen LogP contribution in [0.3, 0.4) is 0 Å². The summed E-state index contributed by atoms with van der Waals surface area (Å²) in [4.78, 5) is 5.35. The molecule has 0 aromatic heterocycles. The first-order valence-electron chi connectivity index (χ1n) is 7.66. The molecule has 0 aliphatic carbocycles. The molecule has 4 aliphatic rings. The molecular formula is C14H27N3O. The molecular weight excluding hydrogens is 226 g/mol. The van der Waals surface area contributed by atoms with Crippen LogP contribution in [0.15, 0.2) is 0 Å². The van der Waals surface area contributed by atoms with Crippen molar-refractivity contribution in [2.24, 2.45) is 5.92 Å². The Morgan fingerprint density at radius 3 is 2.67 bits per heavy atom. The number of rotatable bonds is 4. The van der Waals surface area contributed by atoms with Gasteiger partial charge < -0.3 is 10.1 Å². The van der Waals surface area contributed by atoms with Crippen molar-refractivity contribution in [1.82, 2.24) is 15.1 Å². The molecule has 18 heavy (non-hydrogen) atoms. The van der Waals surface area contributed by atoms with Crippen LogP contribution in [0.2, 0.25) is 0 Å². The molecule has 4 saturated heterocycles. The Hall–Kier alpha value is -0.160. The Kier molecular flexibility index (Phi) is 4.19. The number of fused-ring (bicyclic) bond motifs is 3. The molecule has 0 saturated carbocycles. The first-order chi connectivity index (χ1) is 8.88. The van der Waals surface area contributed by atoms with E-state index in [1.165, 1.54) is 45.6 Å². The zero-order chi connectivity index (χ0) is 12.4. The summed E-state index contributed by atoms with van der Waals surface area (Å²) in [5.41, 5.74) is 0. The molecule has 0 spiro atoms. The molecule has 3 atom stereocenters. The molecule has 4 nitrogen and oxygen atoms in total. The predicted molar refractivity (Wildman–Crippen MR) is 72.8 cm³/mol. The first kappa shape index (κ1) is 12.9. The van der Waals surface area contributed by atoms with Crippen molar-refractivity contribution >= 4 is 0 Å². The van der Waals surface area contributed by atoms with Crippen LogP contribution in [-0.4, -0.2) is 74.4 Å². The molecule has 4 heterocycles. The van der Waals surface area contributed by atoms with E-state index < -0.39 is 0 Å². The predicted octanol–water partition coefficient (Wildman–Crippen LogP) is 0.391. The van der Waals surface area contributed by atoms with Crippen molar-refractivity contribution in [2.75, 3.05) is 52.5 Å². The van der Waals surface area contributed by atoms with Crippen LogP contribution in [0.5, 0.6) is 0 Å². The second-order valence-corrected chi connectivity index (χ2v) is 5.96. The molecule has 104 valence electrons. The standard InChI is InChI=1S/C14H27N3O/c1-2-15-14(12-4-3-9-18-11-12)13-10-16-5-7-17(13)8-6-16/h12-15H,2-11H2,1H3. The average molecular weight is 253 g/mol. The number of piperazine rings is 3. The van der Waals surface area contributed by atoms with Gasteiger partial charge in [-0.05, 0) is 25.3 Å². The molecule has 0 aromatic carbocycles. The number of nitrogens with zero attached hydrogens (tertiary/aromatic N) is 2. The maximum atomic E-state index is 5.71. The van der Waals surface area contributed by atoms with Gasteiger partial charge in [-0.1, -0.05) is 6.92 Å². The van der Waals surface area contributed by atoms with Crippen LogP contribution in [0, 0.1) is 5.92 Å². The monoisotopic (exact) mass is 253 g/mol. The largest absolute Gasteiger partial charge is 0.381 e. The second kappa shape index (κ2) is 5.87. The second-order valence-electron chi connectivity index (χ2n) is 5.96. The highest BCUT2D eigenvalue weighted by Gasteiger charge is 2.39. The number of hydrogen-bond acceptors (Lipinski definition) is 4. The summed E-state index contributed by atoms with van der Waals surface area (Å²) < 4.78 is 5.71. The summed E-state index contributed by atoms with van der Waals surface area (Å²) in [5.74, 6) is 0.712. The Bertz CT molecular complexity index is 260. The smallest absolute Gasteiger partial charge is 0.0509 e. The van der Waals surface area contributed by atoms with Crippen LogP contribution in [0.25, 0.3) is 0 Å². The molecule has 1 N–H and O–H groups in total. The third-order valence-electron chi connectivity index (χ3n) is 4.88. The highest BCUT2D eigenvalue weighted by molar-refractivity contribution is 4.97. The molecule has 4 aliphatic heterocycles. The molecule has 4 rings (SSSR count). The van der Waals surface area contributed by atoms with Gasteiger partial charge in [0.1, 0.15) is 0 Å². The van der Waals surface area contributed by atoms with E-state index in [1.54, 1.807) is 0 Å². The maximum absolute atomic E-state index is 5.71. The van der Waals surface area contributed by atoms with Gasteiger partial charge in [-0.25, -0.2) is 0 Å². The average Bonchev–Trinajstić information content (AvgIpc) is 2.47. The normalized spacial score (nSPS) is 41.8. The van der Waals surface area contributed by atoms with E-state index in [0.717, 1.165) is 19.8 Å². The lowest BCUT2D eigenvalue weighted by atomic mass is 9.86. The van der Waals surface area contributed by atoms with Crippen LogP contribution in [-0.2, 0) is 4.74 Å². The van der Waals surface area contributed by atoms with Crippen LogP contribution in [0.1, 0.15) is 19.8 Å². The van der Waals surface area contributed by atoms with Crippen LogP contribution < -0.4 is 5.32 Å². The van der Waals surface area contributed by atoms with Crippen molar-refractivity contribution in [3.8, 4) is 0 Å². The van der Waals surface area contributed by atoms with E-state index in [9.17, 15) is 0 Å². The molecule has 3 unspecified atom stereocenters. The quantitative estimate of drug-likeness (QED) is 0.784. The van der Waals surface area contributed by atoms with Crippen molar-refractivity contribution in [3.63, 3.8) is 0 Å². The summed E-state index contributed by atoms with van der Waals surface area (Å²) in [6.07, 6.45) is 2.57. The topological polar surface area (TPSA) is 27.7 Å². The van der Waals surface area contributed by atoms with Crippen molar-refractivity contribution in [2.45, 2.75) is 31.8 Å². The minimum atomic E-state index is 0.624. The van der Waals surface area contributed by atoms with Gasteiger partial charge >= 0.3 is 0 Å². The molecule has 0 amide bonds. The Labute approximate surface area is 111 Å². The zero-order valence-electron chi connectivity index (χ0n) is 11.6. The molecule has 4 fully saturated rings. The van der Waals surface area contributed by atoms with Gasteiger partial charge in [0, 0.05) is 51.4 Å². The summed E-state index contributed by atoms with van der Waals surface area (Å²) in [5, 5.41) is 3.76. The maximum Gasteiger partial charge on any atom is 0.0509 e. The van der Waals surface area contributed by atoms with Gasteiger partial charge in [0.05, 0.1) is 6.61 Å². The number of ether oxygens (including phenoxy) is 1. The van der Waals surface area contributed by atoms with E-state index >= 15 is 0 Å². The summed E-state index contributed by atoms with van der Waals surface area (Å²) >= 11 is 0. The van der Waals surface area contributed by atoms with E-state index in [0.29, 0.717) is 18.0 Å². The fourth-order valence-electron chi connectivity index (χ4n) is 3.90. The lowest BCUT2D eigenvalue weighted by molar-refractivity contribution is -0.0352. The van der Waals surface area contributed by atoms with E-state index in [-0.39, 0.29) is 0 Å². The summed E-state index contributed by atoms with van der Waals surface area (Å²) in [7, 11) is 0. The number of hydrogen-bond donors (Lipinski definition) is 1. The molecule has 0 aromatic rings. The minimum Gasteiger partial charge on any atom is -0.381 e. The van der Waals surface area contributed by atoms with E-state index in [1.807, 2.05) is 0 Å². The van der Waals surface area contributed by atoms with Gasteiger partial charge in [0.2, 0.25) is 0 Å². The third kappa shape index (κ3) is 2.57. The summed E-state index contributed by atoms with van der Waals surface area (Å²) in [6.45, 7) is 11.6. The fraction of sp³-hybridized carbons (Fsp3) is 1.00. The van der Waals surface area contributed by atoms with E-state index in [2.05, 4.69) is 22.0 Å². The van der Waals surface area contributed by atoms with Gasteiger partial charge in [-0.3, -0.25) is 9.80 Å². The Morgan fingerprint density at radius 2 is 2.11 bits per heavy atom. The van der Waals surface area contributed by atoms with Gasteiger partial charge in [0.15, 0.2) is 0 Å². The third-order valence-corrected chi connectivity index (χ3v) is 4.88. The molecule has 0 radical (unpaired) electrons. The Morgan fingerprint density at radius 1 is 1.28 bits per heavy atom. The van der Waals surface area contributed by atoms with E-state index in [4.69, 9.17) is 4.74 Å². The highest BCUT2D eigenvalue weighted by atomic mass is 16.5. The minimum absolute atomic E-state index is 0.624. The van der Waals surface area contributed by atoms with Crippen molar-refractivity contribution < 1.29 is 4.74 Å². The van der Waals surface area contributed by atoms with Crippen LogP contribution >= 0.6 is 0 Å². The van der Waals surface area contributed by atoms with Gasteiger partial charge in [-0.2, -0.15) is 0 Å². The van der Waals surface area contributed by atoms with Gasteiger partial charge in [-0.15, -0.1) is 0 Å².